The van der Waals surface area contributed by atoms with Crippen LogP contribution < -0.4 is 0 Å². The zero-order valence-electron chi connectivity index (χ0n) is 23.0. The lowest BCUT2D eigenvalue weighted by atomic mass is 9.32. The quantitative estimate of drug-likeness (QED) is 0.439. The van der Waals surface area contributed by atoms with Gasteiger partial charge in [0.1, 0.15) is 11.6 Å². The van der Waals surface area contributed by atoms with E-state index < -0.39 is 5.41 Å². The third-order valence-corrected chi connectivity index (χ3v) is 12.1. The fraction of sp³-hybridized carbons (Fsp3) is 0.867. The van der Waals surface area contributed by atoms with Gasteiger partial charge in [-0.3, -0.25) is 14.4 Å². The molecule has 0 aromatic heterocycles. The van der Waals surface area contributed by atoms with E-state index in [0.717, 1.165) is 44.9 Å². The maximum absolute atomic E-state index is 14.3. The Kier molecular flexibility index (Phi) is 6.34. The highest BCUT2D eigenvalue weighted by molar-refractivity contribution is 5.87. The molecule has 35 heavy (non-hydrogen) atoms. The molecule has 0 saturated heterocycles. The molecule has 4 rings (SSSR count). The number of esters is 1. The van der Waals surface area contributed by atoms with E-state index in [9.17, 15) is 19.6 Å². The van der Waals surface area contributed by atoms with Crippen LogP contribution in [-0.4, -0.2) is 24.6 Å². The predicted octanol–water partition coefficient (Wildman–Crippen LogP) is 6.29. The molecule has 5 nitrogen and oxygen atoms in total. The minimum Gasteiger partial charge on any atom is -0.469 e. The van der Waals surface area contributed by atoms with Crippen molar-refractivity contribution in [1.82, 2.24) is 0 Å². The highest BCUT2D eigenvalue weighted by Gasteiger charge is 2.72. The first-order valence-corrected chi connectivity index (χ1v) is 13.7. The summed E-state index contributed by atoms with van der Waals surface area (Å²) in [5, 5.41) is 9.42. The summed E-state index contributed by atoms with van der Waals surface area (Å²) in [5.41, 5.74) is -1.19. The molecule has 0 aliphatic heterocycles. The van der Waals surface area contributed by atoms with E-state index in [2.05, 4.69) is 40.7 Å². The van der Waals surface area contributed by atoms with Crippen molar-refractivity contribution in [1.29, 1.82) is 5.26 Å². The van der Waals surface area contributed by atoms with Gasteiger partial charge in [0.25, 0.3) is 0 Å². The van der Waals surface area contributed by atoms with Crippen LogP contribution in [0.3, 0.4) is 0 Å². The van der Waals surface area contributed by atoms with Crippen LogP contribution in [0.4, 0.5) is 0 Å². The second-order valence-electron chi connectivity index (χ2n) is 14.0. The summed E-state index contributed by atoms with van der Waals surface area (Å²) in [5.74, 6) is 0.144. The minimum atomic E-state index is -0.562. The molecule has 8 atom stereocenters. The molecule has 0 N–H and O–H groups in total. The first kappa shape index (κ1) is 26.4. The molecule has 0 unspecified atom stereocenters. The third kappa shape index (κ3) is 3.56. The maximum atomic E-state index is 14.3. The van der Waals surface area contributed by atoms with Gasteiger partial charge in [-0.05, 0) is 91.8 Å². The number of hydrogen-bond acceptors (Lipinski definition) is 5. The summed E-state index contributed by atoms with van der Waals surface area (Å²) in [4.78, 5) is 40.4. The molecule has 0 heterocycles. The summed E-state index contributed by atoms with van der Waals surface area (Å²) in [6.07, 6.45) is 7.51. The van der Waals surface area contributed by atoms with Crippen molar-refractivity contribution < 1.29 is 19.1 Å². The molecule has 194 valence electrons. The molecule has 0 aromatic carbocycles. The van der Waals surface area contributed by atoms with Crippen LogP contribution in [0.2, 0.25) is 0 Å². The fourth-order valence-electron chi connectivity index (χ4n) is 9.98. The van der Waals surface area contributed by atoms with Gasteiger partial charge in [0.15, 0.2) is 0 Å². The molecule has 4 aliphatic rings. The number of fused-ring (bicyclic) bond motifs is 5. The second kappa shape index (κ2) is 8.42. The summed E-state index contributed by atoms with van der Waals surface area (Å²) >= 11 is 0. The van der Waals surface area contributed by atoms with Gasteiger partial charge in [-0.1, -0.05) is 34.6 Å². The van der Waals surface area contributed by atoms with Gasteiger partial charge in [-0.15, -0.1) is 0 Å². The Morgan fingerprint density at radius 2 is 1.69 bits per heavy atom. The Bertz CT molecular complexity index is 964. The number of carbonyl (C=O) groups is 3. The monoisotopic (exact) mass is 483 g/mol. The van der Waals surface area contributed by atoms with E-state index in [0.29, 0.717) is 19.3 Å². The number of carbonyl (C=O) groups excluding carboxylic acids is 3. The smallest absolute Gasteiger partial charge is 0.312 e. The Balaban J connectivity index is 1.83. The molecule has 0 amide bonds. The summed E-state index contributed by atoms with van der Waals surface area (Å²) in [6.45, 7) is 13.1. The normalized spacial score (nSPS) is 46.4. The number of methoxy groups -OCH3 is 1. The number of ether oxygens (including phenoxy) is 1. The van der Waals surface area contributed by atoms with Crippen molar-refractivity contribution in [3.8, 4) is 6.07 Å². The number of hydrogen-bond donors (Lipinski definition) is 0. The average Bonchev–Trinajstić information content (AvgIpc) is 2.78. The molecule has 0 bridgehead atoms. The van der Waals surface area contributed by atoms with Crippen LogP contribution in [-0.2, 0) is 19.1 Å². The Morgan fingerprint density at radius 1 is 1.03 bits per heavy atom. The van der Waals surface area contributed by atoms with E-state index in [-0.39, 0.29) is 62.9 Å². The van der Waals surface area contributed by atoms with Crippen LogP contribution in [0.1, 0.15) is 106 Å². The SMILES string of the molecule is COC(=O)[C@]12CCC(C)(C)C[C@H]1[C@H]1C(=O)C[C@@H]3[C@@](C)(CCC#N)[C@H](C(C)=O)CC[C@@]3(C)[C@]1(C)CC2. The highest BCUT2D eigenvalue weighted by Crippen LogP contribution is 2.74. The van der Waals surface area contributed by atoms with Crippen LogP contribution in [0.25, 0.3) is 0 Å². The van der Waals surface area contributed by atoms with Crippen LogP contribution in [0.5, 0.6) is 0 Å². The Hall–Kier alpha value is -1.70. The number of rotatable bonds is 4. The van der Waals surface area contributed by atoms with Gasteiger partial charge in [0.05, 0.1) is 18.6 Å². The lowest BCUT2D eigenvalue weighted by Crippen LogP contribution is -2.68. The van der Waals surface area contributed by atoms with Gasteiger partial charge in [-0.2, -0.15) is 5.26 Å². The molecule has 4 fully saturated rings. The van der Waals surface area contributed by atoms with E-state index in [1.54, 1.807) is 6.92 Å². The summed E-state index contributed by atoms with van der Waals surface area (Å²) in [6, 6.07) is 2.31. The van der Waals surface area contributed by atoms with Gasteiger partial charge >= 0.3 is 5.97 Å². The zero-order chi connectivity index (χ0) is 26.0. The highest BCUT2D eigenvalue weighted by atomic mass is 16.5. The molecule has 4 saturated carbocycles. The number of Topliss-reactive ketones (excluding diaryl/α,β-unsaturated/α-hetero) is 2. The largest absolute Gasteiger partial charge is 0.469 e. The van der Waals surface area contributed by atoms with Crippen molar-refractivity contribution in [3.05, 3.63) is 0 Å². The third-order valence-electron chi connectivity index (χ3n) is 12.1. The first-order valence-electron chi connectivity index (χ1n) is 13.7. The van der Waals surface area contributed by atoms with E-state index in [1.165, 1.54) is 7.11 Å². The van der Waals surface area contributed by atoms with Crippen molar-refractivity contribution in [2.75, 3.05) is 7.11 Å². The van der Waals surface area contributed by atoms with Crippen molar-refractivity contribution in [2.24, 2.45) is 50.7 Å². The van der Waals surface area contributed by atoms with E-state index >= 15 is 0 Å². The van der Waals surface area contributed by atoms with Crippen LogP contribution in [0.15, 0.2) is 0 Å². The van der Waals surface area contributed by atoms with Crippen molar-refractivity contribution in [3.63, 3.8) is 0 Å². The topological polar surface area (TPSA) is 84.2 Å². The standard InChI is InChI=1S/C30H45NO4/c1-19(32)20-9-11-28(5)23(27(20,4)10-8-16-31)17-22(33)24-21-18-26(2,3)12-14-30(21,25(34)35-7)15-13-29(24,28)6/h20-21,23-24H,8-15,17-18H2,1-7H3/t20-,21-,23+,24-,27-,28+,29+,30-/m0/s1. The Labute approximate surface area is 211 Å². The molecule has 0 aromatic rings. The molecule has 0 radical (unpaired) electrons. The fourth-order valence-corrected chi connectivity index (χ4v) is 9.98. The molecular weight excluding hydrogens is 438 g/mol. The first-order chi connectivity index (χ1) is 16.2. The van der Waals surface area contributed by atoms with E-state index in [1.807, 2.05) is 0 Å². The minimum absolute atomic E-state index is 0.00128. The Morgan fingerprint density at radius 3 is 2.29 bits per heavy atom. The predicted molar refractivity (Wildman–Crippen MR) is 134 cm³/mol. The van der Waals surface area contributed by atoms with E-state index in [4.69, 9.17) is 4.74 Å². The molecular formula is C30H45NO4. The molecule has 5 heteroatoms. The summed E-state index contributed by atoms with van der Waals surface area (Å²) < 4.78 is 5.40. The van der Waals surface area contributed by atoms with Crippen molar-refractivity contribution in [2.45, 2.75) is 106 Å². The second-order valence-corrected chi connectivity index (χ2v) is 14.0. The maximum Gasteiger partial charge on any atom is 0.312 e. The lowest BCUT2D eigenvalue weighted by Gasteiger charge is -2.70. The lowest BCUT2D eigenvalue weighted by molar-refractivity contribution is -0.226. The van der Waals surface area contributed by atoms with Crippen LogP contribution in [0, 0.1) is 62.1 Å². The number of ketones is 2. The summed E-state index contributed by atoms with van der Waals surface area (Å²) in [7, 11) is 1.49. The van der Waals surface area contributed by atoms with Gasteiger partial charge in [0.2, 0.25) is 0 Å². The van der Waals surface area contributed by atoms with Gasteiger partial charge in [-0.25, -0.2) is 0 Å². The van der Waals surface area contributed by atoms with Crippen molar-refractivity contribution >= 4 is 17.5 Å². The molecule has 0 spiro atoms. The number of nitrogens with zero attached hydrogens (tertiary/aromatic N) is 1. The van der Waals surface area contributed by atoms with Crippen LogP contribution >= 0.6 is 0 Å². The molecule has 4 aliphatic carbocycles. The average molecular weight is 484 g/mol. The van der Waals surface area contributed by atoms with Gasteiger partial charge in [0, 0.05) is 24.7 Å². The number of nitriles is 1. The van der Waals surface area contributed by atoms with Gasteiger partial charge < -0.3 is 4.74 Å². The zero-order valence-corrected chi connectivity index (χ0v) is 23.0.